The summed E-state index contributed by atoms with van der Waals surface area (Å²) in [5, 5.41) is 0. The Morgan fingerprint density at radius 1 is 1.17 bits per heavy atom. The number of hydrogen-bond donors (Lipinski definition) is 0. The molecule has 0 radical (unpaired) electrons. The van der Waals surface area contributed by atoms with E-state index < -0.39 is 9.84 Å². The molecule has 3 rings (SSSR count). The van der Waals surface area contributed by atoms with Crippen LogP contribution in [0.4, 0.5) is 0 Å². The minimum Gasteiger partial charge on any atom is -0.305 e. The van der Waals surface area contributed by atoms with Crippen LogP contribution in [0.15, 0.2) is 52.4 Å². The molecule has 3 aromatic rings. The van der Waals surface area contributed by atoms with E-state index in [0.29, 0.717) is 11.3 Å². The molecule has 0 bridgehead atoms. The van der Waals surface area contributed by atoms with Gasteiger partial charge in [0, 0.05) is 6.42 Å². The average molecular weight is 427 g/mol. The smallest absolute Gasteiger partial charge is 0.248 e. The van der Waals surface area contributed by atoms with E-state index in [1.54, 1.807) is 30.3 Å². The number of rotatable bonds is 6. The second-order valence-corrected chi connectivity index (χ2v) is 9.94. The molecule has 0 N–H and O–H groups in total. The maximum Gasteiger partial charge on any atom is 0.248 e. The van der Waals surface area contributed by atoms with Gasteiger partial charge >= 0.3 is 0 Å². The van der Waals surface area contributed by atoms with E-state index >= 15 is 0 Å². The van der Waals surface area contributed by atoms with E-state index in [9.17, 15) is 13.2 Å². The molecule has 1 heterocycles. The van der Waals surface area contributed by atoms with Crippen molar-refractivity contribution in [1.82, 2.24) is 4.57 Å². The highest BCUT2D eigenvalue weighted by molar-refractivity contribution is 7.91. The number of sulfone groups is 1. The molecular formula is C22H22N2O3S2. The van der Waals surface area contributed by atoms with Crippen molar-refractivity contribution in [2.75, 3.05) is 5.75 Å². The molecular weight excluding hydrogens is 404 g/mol. The van der Waals surface area contributed by atoms with Gasteiger partial charge in [-0.15, -0.1) is 6.42 Å². The lowest BCUT2D eigenvalue weighted by Gasteiger charge is -2.04. The van der Waals surface area contributed by atoms with Crippen LogP contribution in [-0.4, -0.2) is 24.6 Å². The molecule has 0 saturated heterocycles. The van der Waals surface area contributed by atoms with E-state index in [0.717, 1.165) is 21.3 Å². The van der Waals surface area contributed by atoms with E-state index in [1.807, 2.05) is 18.4 Å². The first-order chi connectivity index (χ1) is 13.8. The molecule has 0 saturated carbocycles. The normalized spacial score (nSPS) is 12.2. The Kier molecular flexibility index (Phi) is 6.36. The third-order valence-electron chi connectivity index (χ3n) is 4.67. The molecule has 5 nitrogen and oxygen atoms in total. The summed E-state index contributed by atoms with van der Waals surface area (Å²) in [4.78, 5) is 17.4. The molecule has 1 aromatic heterocycles. The highest BCUT2D eigenvalue weighted by atomic mass is 32.2. The molecule has 1 amide bonds. The number of aromatic nitrogens is 1. The van der Waals surface area contributed by atoms with E-state index in [-0.39, 0.29) is 29.4 Å². The maximum absolute atomic E-state index is 12.4. The zero-order valence-corrected chi connectivity index (χ0v) is 18.0. The van der Waals surface area contributed by atoms with Gasteiger partial charge in [0.2, 0.25) is 5.91 Å². The Balaban J connectivity index is 1.79. The highest BCUT2D eigenvalue weighted by Crippen LogP contribution is 2.22. The molecule has 0 aliphatic heterocycles. The predicted molar refractivity (Wildman–Crippen MR) is 116 cm³/mol. The SMILES string of the molecule is C#CCn1c(=NC(=O)CCCS(=O)(=O)c2ccccc2)sc2cc(C)c(C)cc21. The Hall–Kier alpha value is -2.69. The van der Waals surface area contributed by atoms with Crippen LogP contribution in [0.5, 0.6) is 0 Å². The molecule has 0 fully saturated rings. The lowest BCUT2D eigenvalue weighted by Crippen LogP contribution is -2.17. The van der Waals surface area contributed by atoms with E-state index in [4.69, 9.17) is 6.42 Å². The fourth-order valence-corrected chi connectivity index (χ4v) is 5.43. The van der Waals surface area contributed by atoms with Crippen LogP contribution >= 0.6 is 11.3 Å². The second kappa shape index (κ2) is 8.76. The Morgan fingerprint density at radius 2 is 1.86 bits per heavy atom. The van der Waals surface area contributed by atoms with Crippen molar-refractivity contribution in [3.05, 3.63) is 58.4 Å². The quantitative estimate of drug-likeness (QED) is 0.565. The number of carbonyl (C=O) groups excluding carboxylic acids is 1. The number of benzene rings is 2. The van der Waals surface area contributed by atoms with Crippen molar-refractivity contribution < 1.29 is 13.2 Å². The largest absolute Gasteiger partial charge is 0.305 e. The lowest BCUT2D eigenvalue weighted by molar-refractivity contribution is -0.118. The topological polar surface area (TPSA) is 68.5 Å². The van der Waals surface area contributed by atoms with Gasteiger partial charge in [0.05, 0.1) is 27.4 Å². The van der Waals surface area contributed by atoms with Crippen LogP contribution < -0.4 is 4.80 Å². The van der Waals surface area contributed by atoms with Crippen molar-refractivity contribution in [3.8, 4) is 12.3 Å². The molecule has 150 valence electrons. The number of nitrogens with zero attached hydrogens (tertiary/aromatic N) is 2. The highest BCUT2D eigenvalue weighted by Gasteiger charge is 2.15. The number of aryl methyl sites for hydroxylation is 2. The summed E-state index contributed by atoms with van der Waals surface area (Å²) < 4.78 is 27.5. The van der Waals surface area contributed by atoms with Gasteiger partial charge in [-0.25, -0.2) is 8.42 Å². The lowest BCUT2D eigenvalue weighted by atomic mass is 10.1. The fraction of sp³-hybridized carbons (Fsp3) is 0.273. The predicted octanol–water partition coefficient (Wildman–Crippen LogP) is 3.63. The number of terminal acetylenes is 1. The van der Waals surface area contributed by atoms with Gasteiger partial charge in [0.1, 0.15) is 0 Å². The third kappa shape index (κ3) is 4.84. The molecule has 7 heteroatoms. The maximum atomic E-state index is 12.4. The van der Waals surface area contributed by atoms with Gasteiger partial charge in [-0.05, 0) is 55.7 Å². The fourth-order valence-electron chi connectivity index (χ4n) is 2.97. The summed E-state index contributed by atoms with van der Waals surface area (Å²) in [6.07, 6.45) is 5.79. The minimum atomic E-state index is -3.40. The van der Waals surface area contributed by atoms with Crippen LogP contribution in [-0.2, 0) is 21.2 Å². The van der Waals surface area contributed by atoms with Crippen LogP contribution in [0.3, 0.4) is 0 Å². The Morgan fingerprint density at radius 3 is 2.55 bits per heavy atom. The first kappa shape index (κ1) is 21.0. The van der Waals surface area contributed by atoms with Crippen molar-refractivity contribution in [2.24, 2.45) is 4.99 Å². The monoisotopic (exact) mass is 426 g/mol. The standard InChI is InChI=1S/C22H22N2O3S2/c1-4-12-24-19-14-16(2)17(3)15-20(19)28-22(24)23-21(25)11-8-13-29(26,27)18-9-6-5-7-10-18/h1,5-7,9-10,14-15H,8,11-13H2,2-3H3. The first-order valence-electron chi connectivity index (χ1n) is 9.21. The van der Waals surface area contributed by atoms with Gasteiger partial charge in [-0.1, -0.05) is 35.5 Å². The average Bonchev–Trinajstić information content (AvgIpc) is 2.99. The van der Waals surface area contributed by atoms with E-state index in [1.165, 1.54) is 11.3 Å². The van der Waals surface area contributed by atoms with Crippen molar-refractivity contribution in [1.29, 1.82) is 0 Å². The zero-order chi connectivity index (χ0) is 21.0. The van der Waals surface area contributed by atoms with Gasteiger partial charge in [-0.2, -0.15) is 4.99 Å². The minimum absolute atomic E-state index is 0.0639. The van der Waals surface area contributed by atoms with Crippen LogP contribution in [0, 0.1) is 26.2 Å². The van der Waals surface area contributed by atoms with Gasteiger partial charge < -0.3 is 4.57 Å². The summed E-state index contributed by atoms with van der Waals surface area (Å²) in [6, 6.07) is 12.4. The molecule has 0 aliphatic carbocycles. The molecule has 29 heavy (non-hydrogen) atoms. The number of carbonyl (C=O) groups is 1. The Labute approximate surface area is 174 Å². The van der Waals surface area contributed by atoms with Gasteiger partial charge in [0.25, 0.3) is 0 Å². The number of amides is 1. The number of hydrogen-bond acceptors (Lipinski definition) is 4. The summed E-state index contributed by atoms with van der Waals surface area (Å²) in [6.45, 7) is 4.38. The summed E-state index contributed by atoms with van der Waals surface area (Å²) in [5.41, 5.74) is 3.26. The number of thiazole rings is 1. The summed E-state index contributed by atoms with van der Waals surface area (Å²) in [5.74, 6) is 2.17. The van der Waals surface area contributed by atoms with Gasteiger partial charge in [0.15, 0.2) is 14.6 Å². The van der Waals surface area contributed by atoms with Crippen molar-refractivity contribution in [2.45, 2.75) is 38.1 Å². The Bertz CT molecular complexity index is 1260. The number of fused-ring (bicyclic) bond motifs is 1. The van der Waals surface area contributed by atoms with Gasteiger partial charge in [-0.3, -0.25) is 4.79 Å². The van der Waals surface area contributed by atoms with E-state index in [2.05, 4.69) is 23.0 Å². The van der Waals surface area contributed by atoms with Crippen molar-refractivity contribution >= 4 is 37.3 Å². The van der Waals surface area contributed by atoms with Crippen molar-refractivity contribution in [3.63, 3.8) is 0 Å². The first-order valence-corrected chi connectivity index (χ1v) is 11.7. The third-order valence-corrected chi connectivity index (χ3v) is 7.53. The zero-order valence-electron chi connectivity index (χ0n) is 16.4. The molecule has 0 unspecified atom stereocenters. The van der Waals surface area contributed by atoms with Crippen LogP contribution in [0.1, 0.15) is 24.0 Å². The molecule has 0 aliphatic rings. The molecule has 2 aromatic carbocycles. The summed E-state index contributed by atoms with van der Waals surface area (Å²) in [7, 11) is -3.40. The van der Waals surface area contributed by atoms with Crippen LogP contribution in [0.25, 0.3) is 10.2 Å². The molecule has 0 spiro atoms. The summed E-state index contributed by atoms with van der Waals surface area (Å²) >= 11 is 1.41. The van der Waals surface area contributed by atoms with Crippen LogP contribution in [0.2, 0.25) is 0 Å². The molecule has 0 atom stereocenters. The second-order valence-electron chi connectivity index (χ2n) is 6.82.